The summed E-state index contributed by atoms with van der Waals surface area (Å²) in [5.41, 5.74) is 0.236. The molecule has 0 aliphatic heterocycles. The molecule has 2 aromatic rings. The maximum Gasteiger partial charge on any atom is 0.335 e. The molecular weight excluding hydrogens is 328 g/mol. The maximum absolute atomic E-state index is 10.8. The van der Waals surface area contributed by atoms with Crippen molar-refractivity contribution in [3.63, 3.8) is 0 Å². The molecule has 0 saturated heterocycles. The third-order valence-corrected chi connectivity index (χ3v) is 5.54. The van der Waals surface area contributed by atoms with Gasteiger partial charge in [-0.1, -0.05) is 40.9 Å². The van der Waals surface area contributed by atoms with Gasteiger partial charge >= 0.3 is 5.97 Å². The normalized spacial score (nSPS) is 10.5. The summed E-state index contributed by atoms with van der Waals surface area (Å²) in [7, 11) is 0. The van der Waals surface area contributed by atoms with E-state index in [2.05, 4.69) is 10.2 Å². The Balaban J connectivity index is 1.70. The van der Waals surface area contributed by atoms with Crippen LogP contribution in [0.2, 0.25) is 0 Å². The molecule has 112 valence electrons. The molecule has 0 bridgehead atoms. The van der Waals surface area contributed by atoms with E-state index in [1.54, 1.807) is 53.1 Å². The van der Waals surface area contributed by atoms with Gasteiger partial charge in [-0.2, -0.15) is 0 Å². The summed E-state index contributed by atoms with van der Waals surface area (Å²) in [6.45, 7) is 0.546. The van der Waals surface area contributed by atoms with Crippen LogP contribution < -0.4 is 4.74 Å². The molecule has 1 aromatic carbocycles. The van der Waals surface area contributed by atoms with Gasteiger partial charge in [-0.15, -0.1) is 10.2 Å². The van der Waals surface area contributed by atoms with E-state index in [4.69, 9.17) is 9.84 Å². The van der Waals surface area contributed by atoms with Crippen LogP contribution in [0.5, 0.6) is 5.75 Å². The first-order valence-electron chi connectivity index (χ1n) is 6.15. The van der Waals surface area contributed by atoms with E-state index in [-0.39, 0.29) is 5.56 Å². The fourth-order valence-corrected chi connectivity index (χ4v) is 3.89. The number of hydrogen-bond donors (Lipinski definition) is 1. The number of aromatic carboxylic acids is 1. The average Bonchev–Trinajstić information content (AvgIpc) is 2.95. The number of nitrogens with zero attached hydrogens (tertiary/aromatic N) is 2. The van der Waals surface area contributed by atoms with Crippen LogP contribution in [0.15, 0.2) is 32.9 Å². The lowest BCUT2D eigenvalue weighted by Gasteiger charge is -2.06. The monoisotopic (exact) mass is 342 g/mol. The molecule has 0 atom stereocenters. The van der Waals surface area contributed by atoms with Crippen molar-refractivity contribution in [2.45, 2.75) is 15.1 Å². The second-order valence-electron chi connectivity index (χ2n) is 3.92. The van der Waals surface area contributed by atoms with Crippen molar-refractivity contribution in [2.24, 2.45) is 0 Å². The van der Waals surface area contributed by atoms with Crippen LogP contribution in [-0.4, -0.2) is 39.9 Å². The van der Waals surface area contributed by atoms with Crippen LogP contribution in [0, 0.1) is 0 Å². The molecule has 1 heterocycles. The van der Waals surface area contributed by atoms with Crippen LogP contribution in [0.3, 0.4) is 0 Å². The molecular formula is C13H14N2O3S3. The second kappa shape index (κ2) is 8.26. The van der Waals surface area contributed by atoms with Crippen LogP contribution in [-0.2, 0) is 0 Å². The van der Waals surface area contributed by atoms with Gasteiger partial charge < -0.3 is 9.84 Å². The van der Waals surface area contributed by atoms with E-state index in [0.29, 0.717) is 12.4 Å². The van der Waals surface area contributed by atoms with Crippen molar-refractivity contribution in [2.75, 3.05) is 18.6 Å². The van der Waals surface area contributed by atoms with Crippen LogP contribution in [0.25, 0.3) is 0 Å². The Hall–Kier alpha value is -1.25. The molecule has 0 unspecified atom stereocenters. The Morgan fingerprint density at radius 3 is 2.90 bits per heavy atom. The van der Waals surface area contributed by atoms with Gasteiger partial charge in [0.1, 0.15) is 5.75 Å². The summed E-state index contributed by atoms with van der Waals surface area (Å²) < 4.78 is 7.48. The van der Waals surface area contributed by atoms with Crippen molar-refractivity contribution >= 4 is 40.8 Å². The molecule has 2 rings (SSSR count). The van der Waals surface area contributed by atoms with Gasteiger partial charge in [0, 0.05) is 5.75 Å². The van der Waals surface area contributed by atoms with Gasteiger partial charge in [0.2, 0.25) is 0 Å². The minimum Gasteiger partial charge on any atom is -0.494 e. The quantitative estimate of drug-likeness (QED) is 0.581. The largest absolute Gasteiger partial charge is 0.494 e. The zero-order chi connectivity index (χ0) is 15.1. The Labute approximate surface area is 135 Å². The number of hydrogen-bond acceptors (Lipinski definition) is 7. The molecule has 0 radical (unpaired) electrons. The first-order chi connectivity index (χ1) is 10.2. The third kappa shape index (κ3) is 5.22. The highest BCUT2D eigenvalue weighted by molar-refractivity contribution is 8.02. The molecule has 0 saturated carbocycles. The molecule has 8 heteroatoms. The highest BCUT2D eigenvalue weighted by Gasteiger charge is 2.05. The summed E-state index contributed by atoms with van der Waals surface area (Å²) in [4.78, 5) is 10.8. The number of ether oxygens (including phenoxy) is 1. The minimum absolute atomic E-state index is 0.236. The fraction of sp³-hybridized carbons (Fsp3) is 0.308. The lowest BCUT2D eigenvalue weighted by atomic mass is 10.2. The van der Waals surface area contributed by atoms with Crippen molar-refractivity contribution in [1.82, 2.24) is 10.2 Å². The van der Waals surface area contributed by atoms with Gasteiger partial charge in [0.25, 0.3) is 0 Å². The first-order valence-corrected chi connectivity index (χ1v) is 9.18. The molecule has 21 heavy (non-hydrogen) atoms. The Morgan fingerprint density at radius 1 is 1.38 bits per heavy atom. The van der Waals surface area contributed by atoms with Crippen molar-refractivity contribution in [3.8, 4) is 5.75 Å². The first kappa shape index (κ1) is 16.1. The average molecular weight is 342 g/mol. The van der Waals surface area contributed by atoms with E-state index < -0.39 is 5.97 Å². The highest BCUT2D eigenvalue weighted by Crippen LogP contribution is 2.27. The summed E-state index contributed by atoms with van der Waals surface area (Å²) >= 11 is 4.84. The standard InChI is InChI=1S/C13H14N2O3S3/c1-19-12-14-15-13(21-12)20-7-3-6-18-10-5-2-4-9(8-10)11(16)17/h2,4-5,8H,3,6-7H2,1H3,(H,16,17). The smallest absolute Gasteiger partial charge is 0.335 e. The summed E-state index contributed by atoms with van der Waals surface area (Å²) in [5, 5.41) is 17.0. The Kier molecular flexibility index (Phi) is 6.34. The second-order valence-corrected chi connectivity index (χ2v) is 7.29. The minimum atomic E-state index is -0.947. The molecule has 1 aromatic heterocycles. The fourth-order valence-electron chi connectivity index (χ4n) is 1.47. The number of aromatic nitrogens is 2. The number of thioether (sulfide) groups is 2. The number of benzene rings is 1. The highest BCUT2D eigenvalue weighted by atomic mass is 32.2. The molecule has 0 spiro atoms. The maximum atomic E-state index is 10.8. The molecule has 0 fully saturated rings. The van der Waals surface area contributed by atoms with E-state index >= 15 is 0 Å². The van der Waals surface area contributed by atoms with Crippen molar-refractivity contribution < 1.29 is 14.6 Å². The van der Waals surface area contributed by atoms with Gasteiger partial charge in [-0.05, 0) is 30.9 Å². The molecule has 0 aliphatic rings. The van der Waals surface area contributed by atoms with E-state index in [1.807, 2.05) is 6.26 Å². The zero-order valence-electron chi connectivity index (χ0n) is 11.3. The predicted octanol–water partition coefficient (Wildman–Crippen LogP) is 3.52. The lowest BCUT2D eigenvalue weighted by molar-refractivity contribution is 0.0696. The number of carboxylic acids is 1. The molecule has 1 N–H and O–H groups in total. The van der Waals surface area contributed by atoms with E-state index in [9.17, 15) is 4.79 Å². The van der Waals surface area contributed by atoms with Gasteiger partial charge in [-0.25, -0.2) is 4.79 Å². The summed E-state index contributed by atoms with van der Waals surface area (Å²) in [6, 6.07) is 6.52. The van der Waals surface area contributed by atoms with Crippen LogP contribution in [0.4, 0.5) is 0 Å². The number of rotatable bonds is 8. The van der Waals surface area contributed by atoms with Gasteiger partial charge in [0.15, 0.2) is 8.68 Å². The van der Waals surface area contributed by atoms with Gasteiger partial charge in [-0.3, -0.25) is 0 Å². The molecule has 5 nitrogen and oxygen atoms in total. The Bertz CT molecular complexity index is 604. The summed E-state index contributed by atoms with van der Waals surface area (Å²) in [6.07, 6.45) is 2.84. The van der Waals surface area contributed by atoms with Gasteiger partial charge in [0.05, 0.1) is 12.2 Å². The van der Waals surface area contributed by atoms with E-state index in [0.717, 1.165) is 20.9 Å². The summed E-state index contributed by atoms with van der Waals surface area (Å²) in [5.74, 6) is 0.527. The topological polar surface area (TPSA) is 72.3 Å². The van der Waals surface area contributed by atoms with Crippen molar-refractivity contribution in [3.05, 3.63) is 29.8 Å². The van der Waals surface area contributed by atoms with E-state index in [1.165, 1.54) is 6.07 Å². The SMILES string of the molecule is CSc1nnc(SCCCOc2cccc(C(=O)O)c2)s1. The number of carboxylic acid groups (broad SMARTS) is 1. The molecule has 0 aliphatic carbocycles. The van der Waals surface area contributed by atoms with Crippen molar-refractivity contribution in [1.29, 1.82) is 0 Å². The van der Waals surface area contributed by atoms with Crippen LogP contribution >= 0.6 is 34.9 Å². The Morgan fingerprint density at radius 2 is 2.19 bits per heavy atom. The number of carbonyl (C=O) groups is 1. The van der Waals surface area contributed by atoms with Crippen LogP contribution in [0.1, 0.15) is 16.8 Å². The third-order valence-electron chi connectivity index (χ3n) is 2.43. The predicted molar refractivity (Wildman–Crippen MR) is 85.9 cm³/mol. The lowest BCUT2D eigenvalue weighted by Crippen LogP contribution is -2.01. The zero-order valence-corrected chi connectivity index (χ0v) is 13.8. The molecule has 0 amide bonds.